The quantitative estimate of drug-likeness (QED) is 0.243. The first kappa shape index (κ1) is 21.3. The van der Waals surface area contributed by atoms with Gasteiger partial charge in [-0.25, -0.2) is 4.98 Å². The molecule has 2 aromatic carbocycles. The number of carbonyl (C=O) groups excluding carboxylic acids is 1. The molecule has 4 rings (SSSR count). The Morgan fingerprint density at radius 3 is 2.53 bits per heavy atom. The number of benzene rings is 2. The largest absolute Gasteiger partial charge is 0.493 e. The summed E-state index contributed by atoms with van der Waals surface area (Å²) in [5.74, 6) is 0.761. The van der Waals surface area contributed by atoms with Crippen molar-refractivity contribution in [3.8, 4) is 22.8 Å². The van der Waals surface area contributed by atoms with Gasteiger partial charge in [-0.15, -0.1) is 0 Å². The molecular weight excluding hydrogens is 434 g/mol. The molecule has 2 heterocycles. The summed E-state index contributed by atoms with van der Waals surface area (Å²) < 4.78 is 15.7. The second-order valence-electron chi connectivity index (χ2n) is 6.86. The van der Waals surface area contributed by atoms with Crippen LogP contribution in [0.2, 0.25) is 5.02 Å². The topological polar surface area (TPSA) is 101 Å². The molecule has 0 bridgehead atoms. The van der Waals surface area contributed by atoms with Crippen LogP contribution in [0.1, 0.15) is 21.7 Å². The van der Waals surface area contributed by atoms with E-state index in [-0.39, 0.29) is 11.5 Å². The molecule has 0 aliphatic carbocycles. The van der Waals surface area contributed by atoms with Crippen LogP contribution in [0.5, 0.6) is 11.5 Å². The molecule has 8 nitrogen and oxygen atoms in total. The van der Waals surface area contributed by atoms with Crippen molar-refractivity contribution in [1.29, 1.82) is 0 Å². The predicted molar refractivity (Wildman–Crippen MR) is 119 cm³/mol. The summed E-state index contributed by atoms with van der Waals surface area (Å²) >= 11 is 5.88. The number of pyridine rings is 1. The Morgan fingerprint density at radius 2 is 1.91 bits per heavy atom. The number of carbonyl (C=O) groups is 1. The average Bonchev–Trinajstić information content (AvgIpc) is 3.14. The molecule has 2 aromatic heterocycles. The molecule has 4 aromatic rings. The second-order valence-corrected chi connectivity index (χ2v) is 7.30. The number of methoxy groups -OCH3 is 2. The van der Waals surface area contributed by atoms with Crippen LogP contribution in [0.3, 0.4) is 0 Å². The third-order valence-corrected chi connectivity index (χ3v) is 5.20. The number of fused-ring (bicyclic) bond motifs is 1. The normalized spacial score (nSPS) is 11.2. The molecule has 0 spiro atoms. The van der Waals surface area contributed by atoms with Crippen LogP contribution in [0, 0.1) is 12.1 Å². The summed E-state index contributed by atoms with van der Waals surface area (Å²) in [5.41, 5.74) is 2.70. The van der Waals surface area contributed by atoms with Crippen molar-refractivity contribution in [2.75, 3.05) is 14.2 Å². The third kappa shape index (κ3) is 3.88. The monoisotopic (exact) mass is 451 g/mol. The summed E-state index contributed by atoms with van der Waals surface area (Å²) in [5, 5.41) is 16.9. The molecule has 0 N–H and O–H groups in total. The van der Waals surface area contributed by atoms with Gasteiger partial charge in [0.05, 0.1) is 31.0 Å². The highest BCUT2D eigenvalue weighted by molar-refractivity contribution is 6.30. The van der Waals surface area contributed by atoms with E-state index >= 15 is 0 Å². The second kappa shape index (κ2) is 8.68. The summed E-state index contributed by atoms with van der Waals surface area (Å²) in [4.78, 5) is 17.5. The number of nitrogens with zero attached hydrogens (tertiary/aromatic N) is 3. The Balaban J connectivity index is 1.83. The van der Waals surface area contributed by atoms with Gasteiger partial charge in [0.25, 0.3) is 5.69 Å². The van der Waals surface area contributed by atoms with Gasteiger partial charge < -0.3 is 14.7 Å². The molecule has 9 heteroatoms. The first-order valence-corrected chi connectivity index (χ1v) is 9.91. The Hall–Kier alpha value is -3.91. The fourth-order valence-electron chi connectivity index (χ4n) is 3.30. The lowest BCUT2D eigenvalue weighted by Crippen LogP contribution is -2.25. The Morgan fingerprint density at radius 1 is 1.16 bits per heavy atom. The minimum absolute atomic E-state index is 0.184. The number of allylic oxidation sites excluding steroid dienone is 1. The number of ketones is 1. The Bertz CT molecular complexity index is 1350. The zero-order chi connectivity index (χ0) is 22.8. The highest BCUT2D eigenvalue weighted by atomic mass is 35.5. The lowest BCUT2D eigenvalue weighted by atomic mass is 10.0. The van der Waals surface area contributed by atoms with Gasteiger partial charge in [-0.2, -0.15) is 0 Å². The van der Waals surface area contributed by atoms with Gasteiger partial charge in [0, 0.05) is 28.1 Å². The zero-order valence-corrected chi connectivity index (χ0v) is 18.2. The minimum atomic E-state index is -0.184. The van der Waals surface area contributed by atoms with E-state index in [1.165, 1.54) is 20.3 Å². The van der Waals surface area contributed by atoms with Gasteiger partial charge in [0.1, 0.15) is 0 Å². The van der Waals surface area contributed by atoms with Gasteiger partial charge in [0.15, 0.2) is 17.3 Å². The Kier molecular flexibility index (Phi) is 5.79. The van der Waals surface area contributed by atoms with E-state index in [2.05, 4.69) is 10.1 Å². The molecule has 162 valence electrons. The van der Waals surface area contributed by atoms with Crippen molar-refractivity contribution in [2.24, 2.45) is 0 Å². The number of ether oxygens (including phenoxy) is 2. The molecule has 0 fully saturated rings. The Labute approximate surface area is 188 Å². The van der Waals surface area contributed by atoms with E-state index in [1.54, 1.807) is 55.5 Å². The van der Waals surface area contributed by atoms with Crippen LogP contribution >= 0.6 is 11.6 Å². The van der Waals surface area contributed by atoms with Gasteiger partial charge in [-0.1, -0.05) is 11.6 Å². The van der Waals surface area contributed by atoms with E-state index in [1.807, 2.05) is 0 Å². The number of aromatic nitrogens is 3. The van der Waals surface area contributed by atoms with E-state index < -0.39 is 0 Å². The van der Waals surface area contributed by atoms with Crippen LogP contribution < -0.4 is 14.4 Å². The van der Waals surface area contributed by atoms with Gasteiger partial charge in [-0.05, 0) is 59.5 Å². The van der Waals surface area contributed by atoms with Gasteiger partial charge in [0.2, 0.25) is 5.69 Å². The van der Waals surface area contributed by atoms with Crippen molar-refractivity contribution >= 4 is 34.4 Å². The highest BCUT2D eigenvalue weighted by Gasteiger charge is 2.24. The predicted octanol–water partition coefficient (Wildman–Crippen LogP) is 4.40. The minimum Gasteiger partial charge on any atom is -0.493 e. The van der Waals surface area contributed by atoms with Crippen LogP contribution in [0.4, 0.5) is 0 Å². The molecule has 0 amide bonds. The van der Waals surface area contributed by atoms with E-state index in [0.29, 0.717) is 54.8 Å². The smallest absolute Gasteiger partial charge is 0.253 e. The third-order valence-electron chi connectivity index (χ3n) is 4.95. The maximum Gasteiger partial charge on any atom is 0.253 e. The van der Waals surface area contributed by atoms with Crippen LogP contribution in [0.25, 0.3) is 28.2 Å². The first-order valence-electron chi connectivity index (χ1n) is 9.53. The summed E-state index contributed by atoms with van der Waals surface area (Å²) in [6.45, 7) is 1.59. The van der Waals surface area contributed by atoms with Crippen molar-refractivity contribution in [3.05, 3.63) is 75.7 Å². The summed E-state index contributed by atoms with van der Waals surface area (Å²) in [7, 11) is 3.05. The van der Waals surface area contributed by atoms with Crippen molar-refractivity contribution in [3.63, 3.8) is 0 Å². The lowest BCUT2D eigenvalue weighted by Gasteiger charge is -2.13. The van der Waals surface area contributed by atoms with Crippen LogP contribution in [0.15, 0.2) is 53.2 Å². The summed E-state index contributed by atoms with van der Waals surface area (Å²) in [6, 6.07) is 11.9. The van der Waals surface area contributed by atoms with Crippen LogP contribution in [-0.2, 0) is 0 Å². The molecule has 32 heavy (non-hydrogen) atoms. The molecule has 0 aliphatic heterocycles. The summed E-state index contributed by atoms with van der Waals surface area (Å²) in [6.07, 6.45) is 3.05. The maximum atomic E-state index is 12.5. The number of halogens is 1. The van der Waals surface area contributed by atoms with E-state index in [4.69, 9.17) is 25.7 Å². The molecular formula is C23H18ClN3O5. The fourth-order valence-corrected chi connectivity index (χ4v) is 3.43. The number of hydrogen-bond acceptors (Lipinski definition) is 7. The molecule has 0 saturated carbocycles. The average molecular weight is 452 g/mol. The van der Waals surface area contributed by atoms with Crippen molar-refractivity contribution in [2.45, 2.75) is 6.92 Å². The zero-order valence-electron chi connectivity index (χ0n) is 17.5. The fraction of sp³-hybridized carbons (Fsp3) is 0.130. The first-order chi connectivity index (χ1) is 15.4. The van der Waals surface area contributed by atoms with Gasteiger partial charge in [-0.3, -0.25) is 9.42 Å². The molecule has 0 atom stereocenters. The van der Waals surface area contributed by atoms with Crippen molar-refractivity contribution < 1.29 is 23.8 Å². The van der Waals surface area contributed by atoms with Crippen molar-refractivity contribution in [1.82, 2.24) is 10.1 Å². The molecule has 0 aliphatic rings. The highest BCUT2D eigenvalue weighted by Crippen LogP contribution is 2.41. The SMILES string of the molecule is COc1cc(-c2no[n+]([O-])c2C)c2nc(/C=C/C(=O)c3ccc(Cl)cc3)ccc2c1OC. The number of rotatable bonds is 6. The van der Waals surface area contributed by atoms with Crippen LogP contribution in [-0.4, -0.2) is 30.1 Å². The maximum absolute atomic E-state index is 12.5. The van der Waals surface area contributed by atoms with Gasteiger partial charge >= 0.3 is 0 Å². The number of hydrogen-bond donors (Lipinski definition) is 0. The molecule has 0 unspecified atom stereocenters. The van der Waals surface area contributed by atoms with E-state index in [9.17, 15) is 10.0 Å². The molecule has 0 radical (unpaired) electrons. The lowest BCUT2D eigenvalue weighted by molar-refractivity contribution is -0.806. The standard InChI is InChI=1S/C23H18ClN3O5/c1-13-21(26-32-27(13)29)18-12-20(30-2)23(31-3)17-10-8-16(25-22(17)18)9-11-19(28)14-4-6-15(24)7-5-14/h4-12H,1-3H3/b11-9+. The van der Waals surface area contributed by atoms with E-state index in [0.717, 1.165) is 0 Å². The molecule has 0 saturated heterocycles.